The maximum atomic E-state index is 11.2. The lowest BCUT2D eigenvalue weighted by atomic mass is 10.1. The number of fused-ring (bicyclic) bond motifs is 1. The molecule has 0 atom stereocenters. The van der Waals surface area contributed by atoms with E-state index in [4.69, 9.17) is 4.74 Å². The van der Waals surface area contributed by atoms with Crippen LogP contribution >= 0.6 is 12.6 Å². The molecule has 0 aromatic heterocycles. The van der Waals surface area contributed by atoms with Gasteiger partial charge in [0.15, 0.2) is 6.61 Å². The van der Waals surface area contributed by atoms with Crippen molar-refractivity contribution in [1.29, 1.82) is 0 Å². The maximum Gasteiger partial charge on any atom is 0.262 e. The van der Waals surface area contributed by atoms with Crippen LogP contribution in [0.1, 0.15) is 5.56 Å². The summed E-state index contributed by atoms with van der Waals surface area (Å²) in [5.41, 5.74) is 1.91. The molecular weight excluding hydrogens is 236 g/mol. The summed E-state index contributed by atoms with van der Waals surface area (Å²) in [7, 11) is 2.05. The second kappa shape index (κ2) is 5.42. The van der Waals surface area contributed by atoms with E-state index >= 15 is 0 Å². The molecule has 2 rings (SSSR count). The molecule has 5 heteroatoms. The first-order chi connectivity index (χ1) is 8.19. The Morgan fingerprint density at radius 1 is 1.53 bits per heavy atom. The van der Waals surface area contributed by atoms with Crippen molar-refractivity contribution in [2.75, 3.05) is 31.3 Å². The SMILES string of the molecule is CN(CCS)Cc1ccc2c(c1)NC(=O)CO2. The first kappa shape index (κ1) is 12.3. The van der Waals surface area contributed by atoms with E-state index in [0.717, 1.165) is 35.8 Å². The van der Waals surface area contributed by atoms with Crippen LogP contribution in [0.3, 0.4) is 0 Å². The summed E-state index contributed by atoms with van der Waals surface area (Å²) in [5.74, 6) is 1.48. The molecule has 1 heterocycles. The Labute approximate surface area is 106 Å². The number of thiol groups is 1. The molecule has 1 amide bonds. The number of ether oxygens (including phenoxy) is 1. The standard InChI is InChI=1S/C12H16N2O2S/c1-14(4-5-17)7-9-2-3-11-10(6-9)13-12(15)8-16-11/h2-3,6,17H,4-5,7-8H2,1H3,(H,13,15). The Morgan fingerprint density at radius 3 is 3.12 bits per heavy atom. The molecule has 0 fully saturated rings. The number of nitrogens with one attached hydrogen (secondary N) is 1. The minimum Gasteiger partial charge on any atom is -0.482 e. The van der Waals surface area contributed by atoms with E-state index < -0.39 is 0 Å². The minimum absolute atomic E-state index is 0.0987. The van der Waals surface area contributed by atoms with Crippen LogP contribution in [0.15, 0.2) is 18.2 Å². The Kier molecular flexibility index (Phi) is 3.91. The highest BCUT2D eigenvalue weighted by Gasteiger charge is 2.15. The number of carbonyl (C=O) groups is 1. The second-order valence-corrected chi connectivity index (χ2v) is 4.58. The van der Waals surface area contributed by atoms with E-state index in [1.807, 2.05) is 25.2 Å². The summed E-state index contributed by atoms with van der Waals surface area (Å²) >= 11 is 4.20. The van der Waals surface area contributed by atoms with Crippen molar-refractivity contribution in [1.82, 2.24) is 4.90 Å². The van der Waals surface area contributed by atoms with Crippen LogP contribution in [-0.2, 0) is 11.3 Å². The second-order valence-electron chi connectivity index (χ2n) is 4.13. The lowest BCUT2D eigenvalue weighted by Crippen LogP contribution is -2.26. The normalized spacial score (nSPS) is 14.2. The molecule has 0 saturated heterocycles. The van der Waals surface area contributed by atoms with Gasteiger partial charge in [0.25, 0.3) is 5.91 Å². The topological polar surface area (TPSA) is 41.6 Å². The van der Waals surface area contributed by atoms with Crippen molar-refractivity contribution in [3.63, 3.8) is 0 Å². The van der Waals surface area contributed by atoms with E-state index in [9.17, 15) is 4.79 Å². The van der Waals surface area contributed by atoms with Gasteiger partial charge in [0.1, 0.15) is 5.75 Å². The van der Waals surface area contributed by atoms with Crippen LogP contribution in [0.4, 0.5) is 5.69 Å². The van der Waals surface area contributed by atoms with Gasteiger partial charge in [-0.2, -0.15) is 12.6 Å². The number of nitrogens with zero attached hydrogens (tertiary/aromatic N) is 1. The third kappa shape index (κ3) is 3.14. The molecule has 92 valence electrons. The number of hydrogen-bond acceptors (Lipinski definition) is 4. The molecule has 1 aliphatic heterocycles. The Balaban J connectivity index is 2.10. The fourth-order valence-electron chi connectivity index (χ4n) is 1.79. The molecule has 1 aliphatic rings. The number of rotatable bonds is 4. The van der Waals surface area contributed by atoms with Gasteiger partial charge in [0.05, 0.1) is 5.69 Å². The average Bonchev–Trinajstić information content (AvgIpc) is 2.28. The molecule has 17 heavy (non-hydrogen) atoms. The highest BCUT2D eigenvalue weighted by molar-refractivity contribution is 7.80. The van der Waals surface area contributed by atoms with Crippen molar-refractivity contribution in [3.05, 3.63) is 23.8 Å². The largest absolute Gasteiger partial charge is 0.482 e. The number of anilines is 1. The lowest BCUT2D eigenvalue weighted by molar-refractivity contribution is -0.118. The van der Waals surface area contributed by atoms with E-state index in [-0.39, 0.29) is 12.5 Å². The van der Waals surface area contributed by atoms with Gasteiger partial charge in [-0.3, -0.25) is 4.79 Å². The van der Waals surface area contributed by atoms with Crippen LogP contribution in [0, 0.1) is 0 Å². The quantitative estimate of drug-likeness (QED) is 0.796. The molecule has 4 nitrogen and oxygen atoms in total. The third-order valence-corrected chi connectivity index (χ3v) is 2.81. The number of hydrogen-bond donors (Lipinski definition) is 2. The average molecular weight is 252 g/mol. The maximum absolute atomic E-state index is 11.2. The first-order valence-corrected chi connectivity index (χ1v) is 6.17. The monoisotopic (exact) mass is 252 g/mol. The zero-order valence-electron chi connectivity index (χ0n) is 9.77. The van der Waals surface area contributed by atoms with Crippen LogP contribution in [0.25, 0.3) is 0 Å². The van der Waals surface area contributed by atoms with Gasteiger partial charge in [0.2, 0.25) is 0 Å². The zero-order chi connectivity index (χ0) is 12.3. The van der Waals surface area contributed by atoms with E-state index in [1.54, 1.807) is 0 Å². The highest BCUT2D eigenvalue weighted by atomic mass is 32.1. The first-order valence-electron chi connectivity index (χ1n) is 5.54. The molecule has 0 aliphatic carbocycles. The lowest BCUT2D eigenvalue weighted by Gasteiger charge is -2.20. The molecule has 1 aromatic carbocycles. The Hall–Kier alpha value is -1.20. The summed E-state index contributed by atoms with van der Waals surface area (Å²) in [6.07, 6.45) is 0. The summed E-state index contributed by atoms with van der Waals surface area (Å²) in [5, 5.41) is 2.81. The van der Waals surface area contributed by atoms with Crippen LogP contribution < -0.4 is 10.1 Å². The Morgan fingerprint density at radius 2 is 2.35 bits per heavy atom. The third-order valence-electron chi connectivity index (χ3n) is 2.61. The van der Waals surface area contributed by atoms with Gasteiger partial charge >= 0.3 is 0 Å². The molecule has 1 N–H and O–H groups in total. The van der Waals surface area contributed by atoms with E-state index in [0.29, 0.717) is 0 Å². The number of carbonyl (C=O) groups excluding carboxylic acids is 1. The fourth-order valence-corrected chi connectivity index (χ4v) is 2.13. The smallest absolute Gasteiger partial charge is 0.262 e. The van der Waals surface area contributed by atoms with Crippen molar-refractivity contribution < 1.29 is 9.53 Å². The highest BCUT2D eigenvalue weighted by Crippen LogP contribution is 2.28. The van der Waals surface area contributed by atoms with Crippen LogP contribution in [0.2, 0.25) is 0 Å². The summed E-state index contributed by atoms with van der Waals surface area (Å²) < 4.78 is 5.31. The van der Waals surface area contributed by atoms with Gasteiger partial charge in [-0.15, -0.1) is 0 Å². The van der Waals surface area contributed by atoms with Gasteiger partial charge in [-0.25, -0.2) is 0 Å². The molecule has 0 unspecified atom stereocenters. The summed E-state index contributed by atoms with van der Waals surface area (Å²) in [4.78, 5) is 13.4. The summed E-state index contributed by atoms with van der Waals surface area (Å²) in [6.45, 7) is 1.87. The summed E-state index contributed by atoms with van der Waals surface area (Å²) in [6, 6.07) is 5.88. The molecule has 1 aromatic rings. The van der Waals surface area contributed by atoms with Crippen molar-refractivity contribution in [2.24, 2.45) is 0 Å². The molecular formula is C12H16N2O2S. The molecule has 0 spiro atoms. The predicted octanol–water partition coefficient (Wildman–Crippen LogP) is 1.38. The molecule has 0 saturated carbocycles. The molecule has 0 radical (unpaired) electrons. The van der Waals surface area contributed by atoms with Crippen LogP contribution in [0.5, 0.6) is 5.75 Å². The van der Waals surface area contributed by atoms with Crippen molar-refractivity contribution >= 4 is 24.2 Å². The van der Waals surface area contributed by atoms with Gasteiger partial charge in [-0.05, 0) is 24.7 Å². The predicted molar refractivity (Wildman–Crippen MR) is 70.8 cm³/mol. The van der Waals surface area contributed by atoms with Crippen molar-refractivity contribution in [2.45, 2.75) is 6.54 Å². The Bertz CT molecular complexity index is 423. The minimum atomic E-state index is -0.0987. The van der Waals surface area contributed by atoms with E-state index in [2.05, 4.69) is 22.8 Å². The van der Waals surface area contributed by atoms with Gasteiger partial charge in [-0.1, -0.05) is 6.07 Å². The van der Waals surface area contributed by atoms with Crippen molar-refractivity contribution in [3.8, 4) is 5.75 Å². The zero-order valence-corrected chi connectivity index (χ0v) is 10.7. The van der Waals surface area contributed by atoms with Gasteiger partial charge in [0, 0.05) is 18.8 Å². The van der Waals surface area contributed by atoms with E-state index in [1.165, 1.54) is 0 Å². The fraction of sp³-hybridized carbons (Fsp3) is 0.417. The van der Waals surface area contributed by atoms with Crippen LogP contribution in [-0.4, -0.2) is 36.8 Å². The number of amides is 1. The molecule has 0 bridgehead atoms. The number of benzene rings is 1. The van der Waals surface area contributed by atoms with Gasteiger partial charge < -0.3 is 15.0 Å².